The zero-order chi connectivity index (χ0) is 17.6. The number of aromatic nitrogens is 4. The molecule has 2 aromatic heterocycles. The molecule has 134 valence electrons. The molecule has 1 aliphatic heterocycles. The van der Waals surface area contributed by atoms with Gasteiger partial charge in [-0.1, -0.05) is 18.5 Å². The first-order valence-corrected chi connectivity index (χ1v) is 9.17. The quantitative estimate of drug-likeness (QED) is 0.922. The van der Waals surface area contributed by atoms with Crippen molar-refractivity contribution in [2.24, 2.45) is 5.41 Å². The fourth-order valence-corrected chi connectivity index (χ4v) is 4.38. The van der Waals surface area contributed by atoms with Gasteiger partial charge >= 0.3 is 0 Å². The summed E-state index contributed by atoms with van der Waals surface area (Å²) in [4.78, 5) is 19.7. The van der Waals surface area contributed by atoms with Crippen LogP contribution in [-0.2, 0) is 6.42 Å². The largest absolute Gasteiger partial charge is 0.361 e. The maximum absolute atomic E-state index is 13.0. The molecule has 1 aliphatic carbocycles. The molecule has 1 saturated heterocycles. The van der Waals surface area contributed by atoms with Crippen molar-refractivity contribution < 1.29 is 9.32 Å². The van der Waals surface area contributed by atoms with E-state index in [1.807, 2.05) is 11.8 Å². The lowest BCUT2D eigenvalue weighted by atomic mass is 9.62. The van der Waals surface area contributed by atoms with Gasteiger partial charge in [0.2, 0.25) is 0 Å². The van der Waals surface area contributed by atoms with E-state index < -0.39 is 0 Å². The summed E-state index contributed by atoms with van der Waals surface area (Å²) in [6.07, 6.45) is 5.45. The third-order valence-corrected chi connectivity index (χ3v) is 5.88. The number of aromatic amines is 1. The molecule has 25 heavy (non-hydrogen) atoms. The summed E-state index contributed by atoms with van der Waals surface area (Å²) in [6, 6.07) is 0. The van der Waals surface area contributed by atoms with E-state index in [4.69, 9.17) is 9.51 Å². The molecule has 4 rings (SSSR count). The second-order valence-corrected chi connectivity index (χ2v) is 7.54. The van der Waals surface area contributed by atoms with Crippen LogP contribution in [0.1, 0.15) is 72.0 Å². The molecule has 1 saturated carbocycles. The highest BCUT2D eigenvalue weighted by atomic mass is 16.5. The Bertz CT molecular complexity index is 770. The third-order valence-electron chi connectivity index (χ3n) is 5.88. The van der Waals surface area contributed by atoms with E-state index in [1.54, 1.807) is 6.92 Å². The molecule has 7 heteroatoms. The van der Waals surface area contributed by atoms with Crippen LogP contribution in [0.15, 0.2) is 4.52 Å². The number of hydrogen-bond donors (Lipinski definition) is 1. The lowest BCUT2D eigenvalue weighted by Crippen LogP contribution is -2.38. The molecule has 0 radical (unpaired) electrons. The first kappa shape index (κ1) is 16.3. The van der Waals surface area contributed by atoms with E-state index >= 15 is 0 Å². The second kappa shape index (κ2) is 5.97. The van der Waals surface area contributed by atoms with Crippen molar-refractivity contribution in [2.45, 2.75) is 58.8 Å². The Labute approximate surface area is 147 Å². The number of carbonyl (C=O) groups is 1. The van der Waals surface area contributed by atoms with Crippen LogP contribution in [0.2, 0.25) is 0 Å². The zero-order valence-corrected chi connectivity index (χ0v) is 15.1. The summed E-state index contributed by atoms with van der Waals surface area (Å²) < 4.78 is 5.18. The van der Waals surface area contributed by atoms with Gasteiger partial charge in [0.15, 0.2) is 5.82 Å². The first-order valence-electron chi connectivity index (χ1n) is 9.17. The standard InChI is InChI=1S/C18H25N5O2/c1-4-6-14-19-16(21-20-14)13-9-23(10-18(13)7-5-8-18)17(24)15-11(2)22-25-12(15)3/h13H,4-10H2,1-3H3,(H,19,20,21). The van der Waals surface area contributed by atoms with Crippen LogP contribution < -0.4 is 0 Å². The molecular weight excluding hydrogens is 318 g/mol. The van der Waals surface area contributed by atoms with Gasteiger partial charge in [0.1, 0.15) is 17.1 Å². The number of amides is 1. The number of carbonyl (C=O) groups excluding carboxylic acids is 1. The molecule has 1 unspecified atom stereocenters. The van der Waals surface area contributed by atoms with E-state index in [0.29, 0.717) is 23.6 Å². The summed E-state index contributed by atoms with van der Waals surface area (Å²) in [7, 11) is 0. The Morgan fingerprint density at radius 1 is 1.40 bits per heavy atom. The average Bonchev–Trinajstić information content (AvgIpc) is 3.23. The van der Waals surface area contributed by atoms with Crippen LogP contribution >= 0.6 is 0 Å². The number of aryl methyl sites for hydroxylation is 3. The van der Waals surface area contributed by atoms with E-state index in [1.165, 1.54) is 6.42 Å². The molecule has 2 aromatic rings. The molecule has 0 aromatic carbocycles. The lowest BCUT2D eigenvalue weighted by Gasteiger charge is -2.41. The number of H-pyrrole nitrogens is 1. The second-order valence-electron chi connectivity index (χ2n) is 7.54. The van der Waals surface area contributed by atoms with Gasteiger partial charge in [0.25, 0.3) is 5.91 Å². The van der Waals surface area contributed by atoms with Crippen molar-refractivity contribution in [3.63, 3.8) is 0 Å². The van der Waals surface area contributed by atoms with Crippen molar-refractivity contribution in [3.05, 3.63) is 28.7 Å². The predicted molar refractivity (Wildman–Crippen MR) is 91.3 cm³/mol. The number of nitrogens with one attached hydrogen (secondary N) is 1. The summed E-state index contributed by atoms with van der Waals surface area (Å²) >= 11 is 0. The normalized spacial score (nSPS) is 21.7. The molecule has 0 bridgehead atoms. The fourth-order valence-electron chi connectivity index (χ4n) is 4.38. The van der Waals surface area contributed by atoms with Crippen molar-refractivity contribution in [2.75, 3.05) is 13.1 Å². The predicted octanol–water partition coefficient (Wildman–Crippen LogP) is 2.77. The summed E-state index contributed by atoms with van der Waals surface area (Å²) in [5.74, 6) is 2.65. The highest BCUT2D eigenvalue weighted by Gasteiger charge is 2.53. The van der Waals surface area contributed by atoms with Crippen LogP contribution in [0.5, 0.6) is 0 Å². The minimum Gasteiger partial charge on any atom is -0.361 e. The Morgan fingerprint density at radius 3 is 2.80 bits per heavy atom. The maximum atomic E-state index is 13.0. The van der Waals surface area contributed by atoms with Gasteiger partial charge in [-0.05, 0) is 38.5 Å². The molecular formula is C18H25N5O2. The van der Waals surface area contributed by atoms with E-state index in [-0.39, 0.29) is 17.2 Å². The van der Waals surface area contributed by atoms with E-state index in [0.717, 1.165) is 43.9 Å². The van der Waals surface area contributed by atoms with Crippen molar-refractivity contribution in [1.29, 1.82) is 0 Å². The number of nitrogens with zero attached hydrogens (tertiary/aromatic N) is 4. The van der Waals surface area contributed by atoms with Crippen LogP contribution in [0.25, 0.3) is 0 Å². The molecule has 7 nitrogen and oxygen atoms in total. The number of rotatable bonds is 4. The van der Waals surface area contributed by atoms with Crippen molar-refractivity contribution in [1.82, 2.24) is 25.2 Å². The Balaban J connectivity index is 1.60. The average molecular weight is 343 g/mol. The molecule has 1 amide bonds. The van der Waals surface area contributed by atoms with Gasteiger partial charge in [0, 0.05) is 25.4 Å². The summed E-state index contributed by atoms with van der Waals surface area (Å²) in [5, 5.41) is 11.5. The lowest BCUT2D eigenvalue weighted by molar-refractivity contribution is 0.0721. The van der Waals surface area contributed by atoms with Crippen LogP contribution in [-0.4, -0.2) is 44.2 Å². The van der Waals surface area contributed by atoms with E-state index in [2.05, 4.69) is 22.3 Å². The minimum absolute atomic E-state index is 0.0225. The van der Waals surface area contributed by atoms with Crippen LogP contribution in [0.4, 0.5) is 0 Å². The molecule has 1 atom stereocenters. The van der Waals surface area contributed by atoms with Crippen LogP contribution in [0, 0.1) is 19.3 Å². The maximum Gasteiger partial charge on any atom is 0.259 e. The molecule has 2 fully saturated rings. The smallest absolute Gasteiger partial charge is 0.259 e. The molecule has 2 aliphatic rings. The molecule has 1 N–H and O–H groups in total. The first-order chi connectivity index (χ1) is 12.0. The molecule has 1 spiro atoms. The minimum atomic E-state index is 0.0225. The third kappa shape index (κ3) is 2.56. The van der Waals surface area contributed by atoms with Gasteiger partial charge in [-0.15, -0.1) is 0 Å². The Kier molecular flexibility index (Phi) is 3.89. The van der Waals surface area contributed by atoms with Gasteiger partial charge < -0.3 is 9.42 Å². The highest BCUT2D eigenvalue weighted by Crippen LogP contribution is 2.55. The Hall–Kier alpha value is -2.18. The van der Waals surface area contributed by atoms with Gasteiger partial charge in [0.05, 0.1) is 5.69 Å². The van der Waals surface area contributed by atoms with Gasteiger partial charge in [-0.25, -0.2) is 4.98 Å². The van der Waals surface area contributed by atoms with Crippen LogP contribution in [0.3, 0.4) is 0 Å². The van der Waals surface area contributed by atoms with Gasteiger partial charge in [-0.2, -0.15) is 5.10 Å². The highest BCUT2D eigenvalue weighted by molar-refractivity contribution is 5.96. The zero-order valence-electron chi connectivity index (χ0n) is 15.1. The van der Waals surface area contributed by atoms with Gasteiger partial charge in [-0.3, -0.25) is 9.89 Å². The summed E-state index contributed by atoms with van der Waals surface area (Å²) in [6.45, 7) is 7.20. The fraction of sp³-hybridized carbons (Fsp3) is 0.667. The number of likely N-dealkylation sites (tertiary alicyclic amines) is 1. The topological polar surface area (TPSA) is 87.9 Å². The Morgan fingerprint density at radius 2 is 2.20 bits per heavy atom. The monoisotopic (exact) mass is 343 g/mol. The number of hydrogen-bond acceptors (Lipinski definition) is 5. The van der Waals surface area contributed by atoms with E-state index in [9.17, 15) is 4.79 Å². The van der Waals surface area contributed by atoms with Crippen molar-refractivity contribution >= 4 is 5.91 Å². The van der Waals surface area contributed by atoms with Crippen molar-refractivity contribution in [3.8, 4) is 0 Å². The molecule has 3 heterocycles. The summed E-state index contributed by atoms with van der Waals surface area (Å²) in [5.41, 5.74) is 1.41. The SMILES string of the molecule is CCCc1nc(C2CN(C(=O)c3c(C)noc3C)CC23CCC3)n[nH]1.